The van der Waals surface area contributed by atoms with Crippen molar-refractivity contribution < 1.29 is 14.3 Å². The molecule has 0 radical (unpaired) electrons. The Bertz CT molecular complexity index is 698. The number of benzene rings is 1. The van der Waals surface area contributed by atoms with Crippen LogP contribution in [0.3, 0.4) is 0 Å². The second-order valence-electron chi connectivity index (χ2n) is 7.17. The summed E-state index contributed by atoms with van der Waals surface area (Å²) in [6, 6.07) is 9.75. The minimum Gasteiger partial charge on any atom is -0.380 e. The number of nitrogens with two attached hydrogens (primary N) is 1. The number of amides is 2. The lowest BCUT2D eigenvalue weighted by molar-refractivity contribution is -0.132. The molecular weight excluding hydrogens is 380 g/mol. The van der Waals surface area contributed by atoms with Gasteiger partial charge in [-0.05, 0) is 24.8 Å². The summed E-state index contributed by atoms with van der Waals surface area (Å²) in [5, 5.41) is 8.89. The predicted molar refractivity (Wildman–Crippen MR) is 110 cm³/mol. The first-order chi connectivity index (χ1) is 13.1. The maximum absolute atomic E-state index is 12.4. The Morgan fingerprint density at radius 2 is 2.04 bits per heavy atom. The Hall–Kier alpha value is -1.96. The van der Waals surface area contributed by atoms with Crippen LogP contribution in [0.1, 0.15) is 37.7 Å². The Morgan fingerprint density at radius 3 is 2.71 bits per heavy atom. The van der Waals surface area contributed by atoms with Crippen molar-refractivity contribution in [1.29, 1.82) is 0 Å². The normalized spacial score (nSPS) is 24.9. The molecule has 0 aromatic heterocycles. The number of ether oxygens (including phenoxy) is 1. The quantitative estimate of drug-likeness (QED) is 0.748. The van der Waals surface area contributed by atoms with Gasteiger partial charge < -0.3 is 15.8 Å². The van der Waals surface area contributed by atoms with Crippen LogP contribution >= 0.6 is 12.4 Å². The molecule has 1 aliphatic carbocycles. The molecule has 154 valence electrons. The highest BCUT2D eigenvalue weighted by atomic mass is 35.5. The lowest BCUT2D eigenvalue weighted by atomic mass is 9.83. The van der Waals surface area contributed by atoms with E-state index in [2.05, 4.69) is 10.4 Å². The first-order valence-corrected chi connectivity index (χ1v) is 9.58. The summed E-state index contributed by atoms with van der Waals surface area (Å²) in [5.74, 6) is -0.102. The van der Waals surface area contributed by atoms with Crippen LogP contribution in [-0.2, 0) is 14.3 Å². The molecule has 3 atom stereocenters. The highest BCUT2D eigenvalue weighted by molar-refractivity contribution is 6.04. The number of hydrazone groups is 1. The Morgan fingerprint density at radius 1 is 1.29 bits per heavy atom. The number of carbonyl (C=O) groups is 2. The second kappa shape index (κ2) is 10.5. The van der Waals surface area contributed by atoms with Crippen LogP contribution in [0.4, 0.5) is 0 Å². The molecule has 2 amide bonds. The van der Waals surface area contributed by atoms with Crippen LogP contribution in [0.2, 0.25) is 0 Å². The van der Waals surface area contributed by atoms with Gasteiger partial charge in [0.15, 0.2) is 0 Å². The van der Waals surface area contributed by atoms with E-state index >= 15 is 0 Å². The fourth-order valence-electron chi connectivity index (χ4n) is 3.75. The van der Waals surface area contributed by atoms with Crippen LogP contribution in [0, 0.1) is 5.92 Å². The third kappa shape index (κ3) is 5.53. The highest BCUT2D eigenvalue weighted by Crippen LogP contribution is 2.25. The zero-order valence-corrected chi connectivity index (χ0v) is 17.0. The van der Waals surface area contributed by atoms with E-state index in [1.165, 1.54) is 5.01 Å². The van der Waals surface area contributed by atoms with Gasteiger partial charge in [-0.1, -0.05) is 30.3 Å². The number of rotatable bonds is 6. The molecule has 1 aromatic carbocycles. The van der Waals surface area contributed by atoms with Crippen LogP contribution in [0.15, 0.2) is 35.4 Å². The van der Waals surface area contributed by atoms with Crippen LogP contribution in [0.25, 0.3) is 0 Å². The van der Waals surface area contributed by atoms with Crippen molar-refractivity contribution >= 4 is 29.9 Å². The van der Waals surface area contributed by atoms with Gasteiger partial charge in [-0.2, -0.15) is 5.10 Å². The third-order valence-electron chi connectivity index (χ3n) is 5.34. The molecule has 0 unspecified atom stereocenters. The summed E-state index contributed by atoms with van der Waals surface area (Å²) in [5.41, 5.74) is 8.01. The Labute approximate surface area is 172 Å². The Kier molecular flexibility index (Phi) is 8.41. The van der Waals surface area contributed by atoms with E-state index in [1.807, 2.05) is 30.3 Å². The van der Waals surface area contributed by atoms with Crippen molar-refractivity contribution in [1.82, 2.24) is 10.3 Å². The maximum atomic E-state index is 12.4. The van der Waals surface area contributed by atoms with Crippen molar-refractivity contribution in [2.45, 2.75) is 44.2 Å². The molecule has 1 aromatic rings. The zero-order chi connectivity index (χ0) is 19.2. The lowest BCUT2D eigenvalue weighted by Gasteiger charge is -2.32. The summed E-state index contributed by atoms with van der Waals surface area (Å²) in [6.07, 6.45) is 3.32. The van der Waals surface area contributed by atoms with Gasteiger partial charge in [0, 0.05) is 38.5 Å². The van der Waals surface area contributed by atoms with Gasteiger partial charge in [0.1, 0.15) is 0 Å². The van der Waals surface area contributed by atoms with Gasteiger partial charge in [-0.3, -0.25) is 9.59 Å². The highest BCUT2D eigenvalue weighted by Gasteiger charge is 2.31. The minimum absolute atomic E-state index is 0. The average molecular weight is 409 g/mol. The number of methoxy groups -OCH3 is 1. The number of carbonyl (C=O) groups excluding carboxylic acids is 2. The molecular formula is C20H29ClN4O3. The van der Waals surface area contributed by atoms with Crippen molar-refractivity contribution in [3.8, 4) is 0 Å². The minimum atomic E-state index is -0.110. The molecule has 3 N–H and O–H groups in total. The standard InChI is InChI=1S/C20H28N4O3.ClH/c1-27-18-9-7-15(13-16(18)21)20(26)22-11-12-24-19(25)10-8-17(23-24)14-5-3-2-4-6-14;/h2-6,15-16,18H,7-13,21H2,1H3,(H,22,26);1H/t15-,16+,18+;/m0./s1. The maximum Gasteiger partial charge on any atom is 0.243 e. The number of hydrogen-bond donors (Lipinski definition) is 2. The van der Waals surface area contributed by atoms with E-state index in [0.29, 0.717) is 32.4 Å². The SMILES string of the molecule is CO[C@@H]1CC[C@H](C(=O)NCCN2N=C(c3ccccc3)CCC2=O)C[C@H]1N.Cl. The van der Waals surface area contributed by atoms with Gasteiger partial charge in [0.2, 0.25) is 11.8 Å². The molecule has 1 fully saturated rings. The molecule has 3 rings (SSSR count). The van der Waals surface area contributed by atoms with Gasteiger partial charge in [0.05, 0.1) is 18.4 Å². The monoisotopic (exact) mass is 408 g/mol. The zero-order valence-electron chi connectivity index (χ0n) is 16.2. The Balaban J connectivity index is 0.00000280. The van der Waals surface area contributed by atoms with E-state index in [-0.39, 0.29) is 42.3 Å². The number of nitrogens with one attached hydrogen (secondary N) is 1. The van der Waals surface area contributed by atoms with Gasteiger partial charge >= 0.3 is 0 Å². The summed E-state index contributed by atoms with van der Waals surface area (Å²) >= 11 is 0. The molecule has 1 saturated carbocycles. The molecule has 28 heavy (non-hydrogen) atoms. The van der Waals surface area contributed by atoms with E-state index < -0.39 is 0 Å². The number of halogens is 1. The first-order valence-electron chi connectivity index (χ1n) is 9.58. The average Bonchev–Trinajstić information content (AvgIpc) is 2.70. The molecule has 8 heteroatoms. The van der Waals surface area contributed by atoms with E-state index in [9.17, 15) is 9.59 Å². The first kappa shape index (κ1) is 22.3. The fourth-order valence-corrected chi connectivity index (χ4v) is 3.75. The van der Waals surface area contributed by atoms with Crippen LogP contribution in [-0.4, -0.2) is 54.9 Å². The summed E-state index contributed by atoms with van der Waals surface area (Å²) < 4.78 is 5.33. The predicted octanol–water partition coefficient (Wildman–Crippen LogP) is 1.69. The third-order valence-corrected chi connectivity index (χ3v) is 5.34. The molecule has 0 spiro atoms. The fraction of sp³-hybridized carbons (Fsp3) is 0.550. The van der Waals surface area contributed by atoms with Crippen LogP contribution < -0.4 is 11.1 Å². The van der Waals surface area contributed by atoms with Crippen molar-refractivity contribution in [3.63, 3.8) is 0 Å². The summed E-state index contributed by atoms with van der Waals surface area (Å²) in [6.45, 7) is 0.760. The molecule has 1 aliphatic heterocycles. The number of hydrogen-bond acceptors (Lipinski definition) is 5. The van der Waals surface area contributed by atoms with Gasteiger partial charge in [-0.15, -0.1) is 12.4 Å². The second-order valence-corrected chi connectivity index (χ2v) is 7.17. The van der Waals surface area contributed by atoms with E-state index in [0.717, 1.165) is 24.1 Å². The molecule has 2 aliphatic rings. The smallest absolute Gasteiger partial charge is 0.243 e. The molecule has 1 heterocycles. The number of nitrogens with zero attached hydrogens (tertiary/aromatic N) is 2. The summed E-state index contributed by atoms with van der Waals surface area (Å²) in [4.78, 5) is 24.5. The lowest BCUT2D eigenvalue weighted by Crippen LogP contribution is -2.46. The van der Waals surface area contributed by atoms with Crippen LogP contribution in [0.5, 0.6) is 0 Å². The molecule has 0 bridgehead atoms. The topological polar surface area (TPSA) is 97.0 Å². The molecule has 7 nitrogen and oxygen atoms in total. The summed E-state index contributed by atoms with van der Waals surface area (Å²) in [7, 11) is 1.66. The van der Waals surface area contributed by atoms with Crippen molar-refractivity contribution in [3.05, 3.63) is 35.9 Å². The largest absolute Gasteiger partial charge is 0.380 e. The van der Waals surface area contributed by atoms with Gasteiger partial charge in [-0.25, -0.2) is 5.01 Å². The van der Waals surface area contributed by atoms with Crippen molar-refractivity contribution in [2.75, 3.05) is 20.2 Å². The molecule has 0 saturated heterocycles. The van der Waals surface area contributed by atoms with E-state index in [4.69, 9.17) is 10.5 Å². The van der Waals surface area contributed by atoms with E-state index in [1.54, 1.807) is 7.11 Å². The van der Waals surface area contributed by atoms with Crippen molar-refractivity contribution in [2.24, 2.45) is 16.8 Å². The van der Waals surface area contributed by atoms with Gasteiger partial charge in [0.25, 0.3) is 0 Å².